The fourth-order valence-electron chi connectivity index (χ4n) is 2.63. The normalized spacial score (nSPS) is 10.5. The van der Waals surface area contributed by atoms with E-state index in [1.165, 1.54) is 26.5 Å². The number of anilines is 1. The summed E-state index contributed by atoms with van der Waals surface area (Å²) in [6.45, 7) is 0. The molecule has 9 heteroatoms. The van der Waals surface area contributed by atoms with E-state index in [1.807, 2.05) is 0 Å². The van der Waals surface area contributed by atoms with E-state index in [9.17, 15) is 9.59 Å². The van der Waals surface area contributed by atoms with Crippen LogP contribution in [0, 0.1) is 0 Å². The quantitative estimate of drug-likeness (QED) is 0.613. The van der Waals surface area contributed by atoms with E-state index in [0.29, 0.717) is 38.6 Å². The average molecular weight is 434 g/mol. The maximum Gasteiger partial charge on any atom is 0.254 e. The van der Waals surface area contributed by atoms with Crippen LogP contribution >= 0.6 is 23.2 Å². The van der Waals surface area contributed by atoms with Crippen LogP contribution in [0.5, 0.6) is 11.5 Å². The third-order valence-corrected chi connectivity index (χ3v) is 4.64. The minimum atomic E-state index is -0.417. The Balaban J connectivity index is 1.78. The first-order chi connectivity index (χ1) is 13.9. The summed E-state index contributed by atoms with van der Waals surface area (Å²) in [5.41, 5.74) is 0.905. The van der Waals surface area contributed by atoms with Gasteiger partial charge in [-0.1, -0.05) is 23.2 Å². The summed E-state index contributed by atoms with van der Waals surface area (Å²) in [7, 11) is 2.92. The Hall–Kier alpha value is -3.03. The molecule has 0 atom stereocenters. The van der Waals surface area contributed by atoms with Crippen molar-refractivity contribution in [2.75, 3.05) is 19.5 Å². The van der Waals surface area contributed by atoms with E-state index in [1.54, 1.807) is 30.3 Å². The molecule has 150 valence electrons. The van der Waals surface area contributed by atoms with Crippen molar-refractivity contribution in [1.82, 2.24) is 9.97 Å². The number of aromatic nitrogens is 2. The highest BCUT2D eigenvalue weighted by molar-refractivity contribution is 6.32. The smallest absolute Gasteiger partial charge is 0.254 e. The topological polar surface area (TPSA) is 93.3 Å². The van der Waals surface area contributed by atoms with Gasteiger partial charge in [-0.3, -0.25) is 9.59 Å². The van der Waals surface area contributed by atoms with Crippen molar-refractivity contribution in [2.24, 2.45) is 0 Å². The van der Waals surface area contributed by atoms with Crippen LogP contribution in [0.4, 0.5) is 5.69 Å². The molecule has 2 N–H and O–H groups in total. The van der Waals surface area contributed by atoms with Gasteiger partial charge in [-0.15, -0.1) is 0 Å². The molecule has 0 spiro atoms. The number of benzene rings is 2. The molecule has 0 aliphatic rings. The lowest BCUT2D eigenvalue weighted by atomic mass is 10.2. The number of rotatable bonds is 6. The molecule has 0 saturated carbocycles. The molecule has 0 radical (unpaired) electrons. The molecule has 29 heavy (non-hydrogen) atoms. The number of hydrogen-bond acceptors (Lipinski definition) is 5. The Labute approximate surface area is 176 Å². The van der Waals surface area contributed by atoms with Crippen molar-refractivity contribution >= 4 is 34.8 Å². The van der Waals surface area contributed by atoms with Crippen LogP contribution in [-0.4, -0.2) is 30.1 Å². The third-order valence-electron chi connectivity index (χ3n) is 4.09. The highest BCUT2D eigenvalue weighted by atomic mass is 35.5. The van der Waals surface area contributed by atoms with Crippen LogP contribution in [0.2, 0.25) is 10.0 Å². The molecule has 1 amide bonds. The van der Waals surface area contributed by atoms with Gasteiger partial charge in [0.2, 0.25) is 5.91 Å². The second kappa shape index (κ2) is 8.98. The zero-order valence-corrected chi connectivity index (χ0v) is 17.1. The van der Waals surface area contributed by atoms with Crippen LogP contribution in [0.3, 0.4) is 0 Å². The van der Waals surface area contributed by atoms with Gasteiger partial charge >= 0.3 is 0 Å². The molecular formula is C20H17Cl2N3O4. The molecule has 0 aliphatic carbocycles. The zero-order valence-electron chi connectivity index (χ0n) is 15.6. The zero-order chi connectivity index (χ0) is 21.0. The Morgan fingerprint density at radius 1 is 1.10 bits per heavy atom. The van der Waals surface area contributed by atoms with Crippen LogP contribution in [0.1, 0.15) is 5.56 Å². The molecular weight excluding hydrogens is 417 g/mol. The predicted molar refractivity (Wildman–Crippen MR) is 112 cm³/mol. The third kappa shape index (κ3) is 4.88. The van der Waals surface area contributed by atoms with Crippen LogP contribution in [0.25, 0.3) is 11.4 Å². The van der Waals surface area contributed by atoms with Crippen molar-refractivity contribution in [2.45, 2.75) is 6.42 Å². The second-order valence-corrected chi connectivity index (χ2v) is 6.85. The first-order valence-electron chi connectivity index (χ1n) is 8.46. The van der Waals surface area contributed by atoms with Gasteiger partial charge in [-0.05, 0) is 24.3 Å². The van der Waals surface area contributed by atoms with Gasteiger partial charge in [-0.25, -0.2) is 4.98 Å². The lowest BCUT2D eigenvalue weighted by Crippen LogP contribution is -2.22. The van der Waals surface area contributed by atoms with Crippen molar-refractivity contribution < 1.29 is 14.3 Å². The van der Waals surface area contributed by atoms with E-state index < -0.39 is 11.5 Å². The van der Waals surface area contributed by atoms with Crippen molar-refractivity contribution in [3.63, 3.8) is 0 Å². The van der Waals surface area contributed by atoms with Gasteiger partial charge in [0, 0.05) is 34.5 Å². The number of nitrogens with zero attached hydrogens (tertiary/aromatic N) is 1. The number of nitrogens with one attached hydrogen (secondary N) is 2. The fraction of sp³-hybridized carbons (Fsp3) is 0.150. The summed E-state index contributed by atoms with van der Waals surface area (Å²) >= 11 is 11.9. The van der Waals surface area contributed by atoms with Crippen molar-refractivity contribution in [3.05, 3.63) is 68.6 Å². The highest BCUT2D eigenvalue weighted by Gasteiger charge is 2.15. The van der Waals surface area contributed by atoms with Gasteiger partial charge in [-0.2, -0.15) is 0 Å². The first kappa shape index (κ1) is 20.7. The molecule has 0 unspecified atom stereocenters. The second-order valence-electron chi connectivity index (χ2n) is 6.01. The molecule has 3 rings (SSSR count). The minimum absolute atomic E-state index is 0.169. The summed E-state index contributed by atoms with van der Waals surface area (Å²) in [5.74, 6) is 0.725. The van der Waals surface area contributed by atoms with E-state index in [2.05, 4.69) is 15.3 Å². The summed E-state index contributed by atoms with van der Waals surface area (Å²) in [4.78, 5) is 31.7. The number of carbonyl (C=O) groups excluding carboxylic acids is 1. The number of aromatic amines is 1. The number of amides is 1. The Bertz CT molecular complexity index is 1100. The number of carbonyl (C=O) groups is 1. The van der Waals surface area contributed by atoms with Crippen LogP contribution < -0.4 is 20.3 Å². The lowest BCUT2D eigenvalue weighted by Gasteiger charge is -2.13. The molecule has 1 heterocycles. The highest BCUT2D eigenvalue weighted by Crippen LogP contribution is 2.35. The van der Waals surface area contributed by atoms with E-state index in [-0.39, 0.29) is 12.0 Å². The monoisotopic (exact) mass is 433 g/mol. The number of H-pyrrole nitrogens is 1. The minimum Gasteiger partial charge on any atom is -0.495 e. The average Bonchev–Trinajstić information content (AvgIpc) is 2.71. The molecule has 3 aromatic rings. The largest absolute Gasteiger partial charge is 0.495 e. The Morgan fingerprint density at radius 2 is 1.79 bits per heavy atom. The maximum atomic E-state index is 12.4. The molecule has 0 saturated heterocycles. The predicted octanol–water partition coefficient (Wildman–Crippen LogP) is 3.94. The lowest BCUT2D eigenvalue weighted by molar-refractivity contribution is -0.115. The first-order valence-corrected chi connectivity index (χ1v) is 9.22. The van der Waals surface area contributed by atoms with E-state index in [0.717, 1.165) is 0 Å². The number of methoxy groups -OCH3 is 2. The number of ether oxygens (including phenoxy) is 2. The molecule has 0 fully saturated rings. The summed E-state index contributed by atoms with van der Waals surface area (Å²) < 4.78 is 10.4. The number of hydrogen-bond donors (Lipinski definition) is 2. The van der Waals surface area contributed by atoms with Crippen molar-refractivity contribution in [3.8, 4) is 22.9 Å². The summed E-state index contributed by atoms with van der Waals surface area (Å²) in [5, 5.41) is 3.62. The summed E-state index contributed by atoms with van der Waals surface area (Å²) in [6.07, 6.45) is 1.21. The molecule has 1 aromatic heterocycles. The Morgan fingerprint density at radius 3 is 2.41 bits per heavy atom. The van der Waals surface area contributed by atoms with Gasteiger partial charge in [0.05, 0.1) is 31.4 Å². The molecule has 0 aliphatic heterocycles. The SMILES string of the molecule is COc1cc(NC(=O)Cc2cnc(-c3ccc(Cl)cc3)[nH]c2=O)c(OC)cc1Cl. The molecule has 0 bridgehead atoms. The number of halogens is 2. The molecule has 7 nitrogen and oxygen atoms in total. The standard InChI is InChI=1S/C20H17Cl2N3O4/c1-28-16-9-15(17(29-2)8-14(16)22)24-18(26)7-12-10-23-19(25-20(12)27)11-3-5-13(21)6-4-11/h3-6,8-10H,7H2,1-2H3,(H,24,26)(H,23,25,27). The van der Waals surface area contributed by atoms with Crippen LogP contribution in [0.15, 0.2) is 47.4 Å². The van der Waals surface area contributed by atoms with Crippen molar-refractivity contribution in [1.29, 1.82) is 0 Å². The van der Waals surface area contributed by atoms with Gasteiger partial charge < -0.3 is 19.8 Å². The summed E-state index contributed by atoms with van der Waals surface area (Å²) in [6, 6.07) is 9.97. The Kier molecular flexibility index (Phi) is 6.41. The van der Waals surface area contributed by atoms with Gasteiger partial charge in [0.1, 0.15) is 17.3 Å². The van der Waals surface area contributed by atoms with Gasteiger partial charge in [0.25, 0.3) is 5.56 Å². The van der Waals surface area contributed by atoms with Crippen LogP contribution in [-0.2, 0) is 11.2 Å². The van der Waals surface area contributed by atoms with E-state index in [4.69, 9.17) is 32.7 Å². The maximum absolute atomic E-state index is 12.4. The fourth-order valence-corrected chi connectivity index (χ4v) is 2.98. The van der Waals surface area contributed by atoms with E-state index >= 15 is 0 Å². The molecule has 2 aromatic carbocycles. The van der Waals surface area contributed by atoms with Gasteiger partial charge in [0.15, 0.2) is 0 Å².